The van der Waals surface area contributed by atoms with Gasteiger partial charge in [-0.2, -0.15) is 0 Å². The number of rotatable bonds is 6. The first-order valence-corrected chi connectivity index (χ1v) is 8.41. The van der Waals surface area contributed by atoms with E-state index in [-0.39, 0.29) is 0 Å². The molecule has 0 aromatic heterocycles. The maximum atomic E-state index is 10.3. The van der Waals surface area contributed by atoms with Crippen molar-refractivity contribution in [3.8, 4) is 11.5 Å². The molecule has 3 heteroatoms. The second-order valence-electron chi connectivity index (χ2n) is 6.03. The number of carbonyl (C=O) groups excluding carboxylic acids is 1. The van der Waals surface area contributed by atoms with Crippen LogP contribution in [0.15, 0.2) is 24.3 Å². The molecule has 0 amide bonds. The molecule has 0 heterocycles. The Morgan fingerprint density at radius 3 is 2.18 bits per heavy atom. The Labute approximate surface area is 135 Å². The van der Waals surface area contributed by atoms with Gasteiger partial charge in [-0.3, -0.25) is 0 Å². The van der Waals surface area contributed by atoms with E-state index in [2.05, 4.69) is 13.8 Å². The first-order chi connectivity index (χ1) is 10.7. The highest BCUT2D eigenvalue weighted by Gasteiger charge is 2.16. The molecule has 0 aliphatic heterocycles. The van der Waals surface area contributed by atoms with E-state index in [1.54, 1.807) is 7.11 Å². The van der Waals surface area contributed by atoms with Crippen molar-refractivity contribution >= 4 is 6.29 Å². The topological polar surface area (TPSA) is 35.5 Å². The summed E-state index contributed by atoms with van der Waals surface area (Å²) in [5, 5.41) is 0. The summed E-state index contributed by atoms with van der Waals surface area (Å²) in [5.74, 6) is 3.03. The van der Waals surface area contributed by atoms with Gasteiger partial charge in [0.2, 0.25) is 0 Å². The number of hydrogen-bond donors (Lipinski definition) is 0. The van der Waals surface area contributed by atoms with Crippen molar-refractivity contribution < 1.29 is 14.3 Å². The van der Waals surface area contributed by atoms with Crippen LogP contribution in [0.4, 0.5) is 0 Å². The molecular formula is C19H30O3. The van der Waals surface area contributed by atoms with Crippen LogP contribution in [-0.4, -0.2) is 20.0 Å². The van der Waals surface area contributed by atoms with Gasteiger partial charge >= 0.3 is 0 Å². The molecule has 0 N–H and O–H groups in total. The molecule has 0 bridgehead atoms. The number of carbonyl (C=O) groups is 1. The maximum Gasteiger partial charge on any atom is 0.123 e. The van der Waals surface area contributed by atoms with Crippen LogP contribution in [0.2, 0.25) is 0 Å². The minimum Gasteiger partial charge on any atom is -0.497 e. The molecule has 0 atom stereocenters. The van der Waals surface area contributed by atoms with Gasteiger partial charge in [-0.25, -0.2) is 0 Å². The van der Waals surface area contributed by atoms with E-state index in [4.69, 9.17) is 9.47 Å². The third kappa shape index (κ3) is 7.48. The Bertz CT molecular complexity index is 392. The quantitative estimate of drug-likeness (QED) is 0.554. The van der Waals surface area contributed by atoms with Crippen molar-refractivity contribution in [3.63, 3.8) is 0 Å². The zero-order valence-corrected chi connectivity index (χ0v) is 14.2. The van der Waals surface area contributed by atoms with E-state index in [1.807, 2.05) is 24.3 Å². The van der Waals surface area contributed by atoms with E-state index in [0.29, 0.717) is 5.92 Å². The summed E-state index contributed by atoms with van der Waals surface area (Å²) in [7, 11) is 1.66. The van der Waals surface area contributed by atoms with Gasteiger partial charge in [0.25, 0.3) is 0 Å². The van der Waals surface area contributed by atoms with Gasteiger partial charge in [0.05, 0.1) is 13.7 Å². The molecule has 2 rings (SSSR count). The van der Waals surface area contributed by atoms with Crippen LogP contribution in [0.25, 0.3) is 0 Å². The molecule has 3 nitrogen and oxygen atoms in total. The van der Waals surface area contributed by atoms with E-state index in [0.717, 1.165) is 56.0 Å². The molecule has 1 aromatic rings. The molecule has 0 unspecified atom stereocenters. The van der Waals surface area contributed by atoms with Gasteiger partial charge in [-0.05, 0) is 49.4 Å². The largest absolute Gasteiger partial charge is 0.497 e. The van der Waals surface area contributed by atoms with Crippen LogP contribution in [0.3, 0.4) is 0 Å². The highest BCUT2D eigenvalue weighted by molar-refractivity contribution is 5.53. The summed E-state index contributed by atoms with van der Waals surface area (Å²) in [6.07, 6.45) is 8.15. The lowest BCUT2D eigenvalue weighted by atomic mass is 9.84. The van der Waals surface area contributed by atoms with Crippen LogP contribution in [-0.2, 0) is 4.79 Å². The van der Waals surface area contributed by atoms with Crippen molar-refractivity contribution in [3.05, 3.63) is 24.3 Å². The molecule has 0 radical (unpaired) electrons. The van der Waals surface area contributed by atoms with Gasteiger partial charge < -0.3 is 14.3 Å². The lowest BCUT2D eigenvalue weighted by molar-refractivity contribution is -0.112. The molecule has 124 valence electrons. The fourth-order valence-corrected chi connectivity index (χ4v) is 2.43. The summed E-state index contributed by atoms with van der Waals surface area (Å²) in [4.78, 5) is 10.3. The Balaban J connectivity index is 0.000000235. The van der Waals surface area contributed by atoms with Crippen LogP contribution in [0.5, 0.6) is 11.5 Å². The first kappa shape index (κ1) is 18.5. The fraction of sp³-hybridized carbons (Fsp3) is 0.632. The zero-order valence-electron chi connectivity index (χ0n) is 14.2. The minimum atomic E-state index is 0.390. The standard InChI is InChI=1S/C11H16O2.C8H14O/c1-3-4-9-13-11-7-5-10(12-2)6-8-11;1-7-2-4-8(6-9)5-3-7/h5-8H,3-4,9H2,1-2H3;6-8H,2-5H2,1H3. The van der Waals surface area contributed by atoms with Gasteiger partial charge in [0, 0.05) is 5.92 Å². The van der Waals surface area contributed by atoms with E-state index >= 15 is 0 Å². The molecule has 1 aliphatic rings. The highest BCUT2D eigenvalue weighted by Crippen LogP contribution is 2.26. The number of ether oxygens (including phenoxy) is 2. The van der Waals surface area contributed by atoms with E-state index < -0.39 is 0 Å². The van der Waals surface area contributed by atoms with Crippen LogP contribution in [0, 0.1) is 11.8 Å². The second kappa shape index (κ2) is 11.1. The SMILES string of the molecule is CC1CCC(C=O)CC1.CCCCOc1ccc(OC)cc1. The lowest BCUT2D eigenvalue weighted by Gasteiger charge is -2.21. The Morgan fingerprint density at radius 1 is 1.09 bits per heavy atom. The summed E-state index contributed by atoms with van der Waals surface area (Å²) in [6.45, 7) is 5.21. The Kier molecular flexibility index (Phi) is 9.36. The van der Waals surface area contributed by atoms with Crippen molar-refractivity contribution in [2.45, 2.75) is 52.4 Å². The van der Waals surface area contributed by atoms with Crippen molar-refractivity contribution in [2.75, 3.05) is 13.7 Å². The second-order valence-corrected chi connectivity index (χ2v) is 6.03. The third-order valence-corrected chi connectivity index (χ3v) is 4.08. The normalized spacial score (nSPS) is 20.5. The monoisotopic (exact) mass is 306 g/mol. The average molecular weight is 306 g/mol. The average Bonchev–Trinajstić information content (AvgIpc) is 2.57. The number of unbranched alkanes of at least 4 members (excludes halogenated alkanes) is 1. The molecule has 1 saturated carbocycles. The van der Waals surface area contributed by atoms with Crippen molar-refractivity contribution in [1.82, 2.24) is 0 Å². The van der Waals surface area contributed by atoms with Crippen molar-refractivity contribution in [1.29, 1.82) is 0 Å². The number of methoxy groups -OCH3 is 1. The molecule has 1 aliphatic carbocycles. The summed E-state index contributed by atoms with van der Waals surface area (Å²) < 4.78 is 10.5. The van der Waals surface area contributed by atoms with Crippen molar-refractivity contribution in [2.24, 2.45) is 11.8 Å². The smallest absolute Gasteiger partial charge is 0.123 e. The number of hydrogen-bond acceptors (Lipinski definition) is 3. The summed E-state index contributed by atoms with van der Waals surface area (Å²) in [6, 6.07) is 7.66. The van der Waals surface area contributed by atoms with E-state index in [9.17, 15) is 4.79 Å². The molecule has 0 spiro atoms. The van der Waals surface area contributed by atoms with Gasteiger partial charge in [0.1, 0.15) is 17.8 Å². The molecule has 22 heavy (non-hydrogen) atoms. The summed E-state index contributed by atoms with van der Waals surface area (Å²) in [5.41, 5.74) is 0. The zero-order chi connectivity index (χ0) is 16.2. The highest BCUT2D eigenvalue weighted by atomic mass is 16.5. The number of benzene rings is 1. The third-order valence-electron chi connectivity index (χ3n) is 4.08. The minimum absolute atomic E-state index is 0.390. The molecule has 1 aromatic carbocycles. The molecule has 0 saturated heterocycles. The fourth-order valence-electron chi connectivity index (χ4n) is 2.43. The number of aldehydes is 1. The Morgan fingerprint density at radius 2 is 1.68 bits per heavy atom. The van der Waals surface area contributed by atoms with Gasteiger partial charge in [0.15, 0.2) is 0 Å². The summed E-state index contributed by atoms with van der Waals surface area (Å²) >= 11 is 0. The van der Waals surface area contributed by atoms with Crippen LogP contribution < -0.4 is 9.47 Å². The van der Waals surface area contributed by atoms with Gasteiger partial charge in [-0.15, -0.1) is 0 Å². The predicted molar refractivity (Wildman–Crippen MR) is 90.6 cm³/mol. The van der Waals surface area contributed by atoms with Crippen LogP contribution in [0.1, 0.15) is 52.4 Å². The first-order valence-electron chi connectivity index (χ1n) is 8.41. The van der Waals surface area contributed by atoms with Crippen LogP contribution >= 0.6 is 0 Å². The molecular weight excluding hydrogens is 276 g/mol. The predicted octanol–water partition coefficient (Wildman–Crippen LogP) is 4.89. The van der Waals surface area contributed by atoms with E-state index in [1.165, 1.54) is 12.8 Å². The lowest BCUT2D eigenvalue weighted by Crippen LogP contribution is -2.12. The maximum absolute atomic E-state index is 10.3. The van der Waals surface area contributed by atoms with Gasteiger partial charge in [-0.1, -0.05) is 33.1 Å². The Hall–Kier alpha value is -1.51. The molecule has 1 fully saturated rings.